The van der Waals surface area contributed by atoms with Crippen molar-refractivity contribution in [3.63, 3.8) is 0 Å². The molecule has 4 nitrogen and oxygen atoms in total. The first-order valence-electron chi connectivity index (χ1n) is 10.5. The summed E-state index contributed by atoms with van der Waals surface area (Å²) < 4.78 is 19.4. The number of likely N-dealkylation sites (tertiary alicyclic amines) is 1. The highest BCUT2D eigenvalue weighted by atomic mass is 19.1. The Hall–Kier alpha value is -2.56. The second-order valence-corrected chi connectivity index (χ2v) is 8.46. The number of ether oxygens (including phenoxy) is 1. The number of carbonyl (C=O) groups excluding carboxylic acids is 1. The molecule has 1 fully saturated rings. The number of piperidine rings is 1. The van der Waals surface area contributed by atoms with Gasteiger partial charge in [0.25, 0.3) is 0 Å². The van der Waals surface area contributed by atoms with Crippen molar-refractivity contribution in [2.24, 2.45) is 5.92 Å². The SMILES string of the molecule is Cc1ccc2c(c1)OC[C@@H](CC(=O)N1CCC(C)CC1)N2Cc1ccc(F)cc1. The summed E-state index contributed by atoms with van der Waals surface area (Å²) in [6, 6.07) is 12.7. The minimum absolute atomic E-state index is 0.0397. The lowest BCUT2D eigenvalue weighted by Crippen LogP contribution is -2.47. The van der Waals surface area contributed by atoms with Crippen LogP contribution in [-0.2, 0) is 11.3 Å². The van der Waals surface area contributed by atoms with Gasteiger partial charge in [0.15, 0.2) is 0 Å². The zero-order valence-electron chi connectivity index (χ0n) is 17.2. The molecule has 0 aromatic heterocycles. The van der Waals surface area contributed by atoms with Crippen LogP contribution in [0.3, 0.4) is 0 Å². The van der Waals surface area contributed by atoms with Gasteiger partial charge in [-0.2, -0.15) is 0 Å². The molecule has 1 atom stereocenters. The van der Waals surface area contributed by atoms with E-state index in [2.05, 4.69) is 24.0 Å². The van der Waals surface area contributed by atoms with Crippen molar-refractivity contribution in [3.05, 3.63) is 59.4 Å². The molecule has 2 aliphatic rings. The van der Waals surface area contributed by atoms with E-state index in [4.69, 9.17) is 4.74 Å². The molecule has 0 saturated carbocycles. The molecule has 154 valence electrons. The van der Waals surface area contributed by atoms with Crippen LogP contribution in [-0.4, -0.2) is 36.5 Å². The Morgan fingerprint density at radius 2 is 1.86 bits per heavy atom. The van der Waals surface area contributed by atoms with Gasteiger partial charge >= 0.3 is 0 Å². The predicted molar refractivity (Wildman–Crippen MR) is 113 cm³/mol. The molecule has 2 heterocycles. The number of amides is 1. The number of halogens is 1. The Kier molecular flexibility index (Phi) is 5.74. The minimum atomic E-state index is -0.238. The van der Waals surface area contributed by atoms with Gasteiger partial charge in [-0.3, -0.25) is 4.79 Å². The topological polar surface area (TPSA) is 32.8 Å². The van der Waals surface area contributed by atoms with E-state index in [0.717, 1.165) is 48.5 Å². The van der Waals surface area contributed by atoms with Crippen LogP contribution in [0.15, 0.2) is 42.5 Å². The summed E-state index contributed by atoms with van der Waals surface area (Å²) in [6.45, 7) is 7.09. The predicted octanol–water partition coefficient (Wildman–Crippen LogP) is 4.55. The number of fused-ring (bicyclic) bond motifs is 1. The number of benzene rings is 2. The molecule has 0 N–H and O–H groups in total. The third-order valence-corrected chi connectivity index (χ3v) is 6.11. The summed E-state index contributed by atoms with van der Waals surface area (Å²) >= 11 is 0. The minimum Gasteiger partial charge on any atom is -0.489 e. The van der Waals surface area contributed by atoms with Crippen molar-refractivity contribution >= 4 is 11.6 Å². The van der Waals surface area contributed by atoms with E-state index in [1.165, 1.54) is 12.1 Å². The second kappa shape index (κ2) is 8.44. The van der Waals surface area contributed by atoms with Gasteiger partial charge in [-0.1, -0.05) is 25.1 Å². The maximum atomic E-state index is 13.3. The summed E-state index contributed by atoms with van der Waals surface area (Å²) in [4.78, 5) is 17.2. The van der Waals surface area contributed by atoms with Crippen molar-refractivity contribution in [3.8, 4) is 5.75 Å². The maximum Gasteiger partial charge on any atom is 0.224 e. The van der Waals surface area contributed by atoms with E-state index >= 15 is 0 Å². The molecule has 2 aliphatic heterocycles. The van der Waals surface area contributed by atoms with E-state index < -0.39 is 0 Å². The number of hydrogen-bond acceptors (Lipinski definition) is 3. The Morgan fingerprint density at radius 3 is 2.59 bits per heavy atom. The fraction of sp³-hybridized carbons (Fsp3) is 0.458. The Bertz CT molecular complexity index is 860. The number of carbonyl (C=O) groups is 1. The number of hydrogen-bond donors (Lipinski definition) is 0. The Labute approximate surface area is 172 Å². The second-order valence-electron chi connectivity index (χ2n) is 8.46. The normalized spacial score (nSPS) is 19.6. The summed E-state index contributed by atoms with van der Waals surface area (Å²) in [5.41, 5.74) is 3.16. The molecule has 2 aromatic carbocycles. The van der Waals surface area contributed by atoms with E-state index in [1.54, 1.807) is 0 Å². The van der Waals surface area contributed by atoms with Crippen molar-refractivity contribution < 1.29 is 13.9 Å². The van der Waals surface area contributed by atoms with Gasteiger partial charge in [0.05, 0.1) is 18.2 Å². The summed E-state index contributed by atoms with van der Waals surface area (Å²) in [6.07, 6.45) is 2.59. The van der Waals surface area contributed by atoms with Gasteiger partial charge in [-0.15, -0.1) is 0 Å². The van der Waals surface area contributed by atoms with Gasteiger partial charge < -0.3 is 14.5 Å². The molecule has 1 amide bonds. The van der Waals surface area contributed by atoms with Gasteiger partial charge in [-0.25, -0.2) is 4.39 Å². The number of nitrogens with zero attached hydrogens (tertiary/aromatic N) is 2. The molecule has 4 rings (SSSR count). The van der Waals surface area contributed by atoms with Gasteiger partial charge in [0, 0.05) is 19.6 Å². The molecule has 0 spiro atoms. The molecule has 0 aliphatic carbocycles. The van der Waals surface area contributed by atoms with E-state index in [-0.39, 0.29) is 17.8 Å². The van der Waals surface area contributed by atoms with Crippen molar-refractivity contribution in [2.45, 2.75) is 45.7 Å². The number of anilines is 1. The largest absolute Gasteiger partial charge is 0.489 e. The average Bonchev–Trinajstić information content (AvgIpc) is 2.71. The number of aryl methyl sites for hydroxylation is 1. The summed E-state index contributed by atoms with van der Waals surface area (Å²) in [7, 11) is 0. The Morgan fingerprint density at radius 1 is 1.14 bits per heavy atom. The molecular formula is C24H29FN2O2. The lowest BCUT2D eigenvalue weighted by Gasteiger charge is -2.40. The molecule has 0 radical (unpaired) electrons. The lowest BCUT2D eigenvalue weighted by atomic mass is 9.98. The molecule has 2 aromatic rings. The monoisotopic (exact) mass is 396 g/mol. The smallest absolute Gasteiger partial charge is 0.224 e. The van der Waals surface area contributed by atoms with Crippen molar-refractivity contribution in [2.75, 3.05) is 24.6 Å². The number of rotatable bonds is 4. The molecule has 29 heavy (non-hydrogen) atoms. The van der Waals surface area contributed by atoms with Crippen LogP contribution in [0.5, 0.6) is 5.75 Å². The zero-order chi connectivity index (χ0) is 20.4. The van der Waals surface area contributed by atoms with E-state index in [9.17, 15) is 9.18 Å². The molecular weight excluding hydrogens is 367 g/mol. The summed E-state index contributed by atoms with van der Waals surface area (Å²) in [5.74, 6) is 1.51. The average molecular weight is 397 g/mol. The van der Waals surface area contributed by atoms with Gasteiger partial charge in [0.1, 0.15) is 18.2 Å². The molecule has 0 bridgehead atoms. The molecule has 0 unspecified atom stereocenters. The van der Waals surface area contributed by atoms with Gasteiger partial charge in [-0.05, 0) is 61.1 Å². The fourth-order valence-corrected chi connectivity index (χ4v) is 4.21. The molecule has 1 saturated heterocycles. The van der Waals surface area contributed by atoms with Crippen LogP contribution in [0.4, 0.5) is 10.1 Å². The van der Waals surface area contributed by atoms with Crippen LogP contribution >= 0.6 is 0 Å². The van der Waals surface area contributed by atoms with Gasteiger partial charge in [0.2, 0.25) is 5.91 Å². The standard InChI is InChI=1S/C24H29FN2O2/c1-17-9-11-26(12-10-17)24(28)14-21-16-29-23-13-18(2)3-8-22(23)27(21)15-19-4-6-20(25)7-5-19/h3-8,13,17,21H,9-12,14-16H2,1-2H3/t21-/m1/s1. The van der Waals surface area contributed by atoms with Crippen LogP contribution in [0, 0.1) is 18.7 Å². The Balaban J connectivity index is 1.55. The highest BCUT2D eigenvalue weighted by molar-refractivity contribution is 5.78. The van der Waals surface area contributed by atoms with Crippen LogP contribution in [0.2, 0.25) is 0 Å². The third-order valence-electron chi connectivity index (χ3n) is 6.11. The first-order chi connectivity index (χ1) is 14.0. The van der Waals surface area contributed by atoms with Crippen molar-refractivity contribution in [1.29, 1.82) is 0 Å². The first-order valence-corrected chi connectivity index (χ1v) is 10.5. The zero-order valence-corrected chi connectivity index (χ0v) is 17.2. The van der Waals surface area contributed by atoms with Crippen molar-refractivity contribution in [1.82, 2.24) is 4.90 Å². The quantitative estimate of drug-likeness (QED) is 0.760. The van der Waals surface area contributed by atoms with E-state index in [0.29, 0.717) is 25.5 Å². The molecule has 5 heteroatoms. The highest BCUT2D eigenvalue weighted by Crippen LogP contribution is 2.37. The van der Waals surface area contributed by atoms with Crippen LogP contribution < -0.4 is 9.64 Å². The first kappa shape index (κ1) is 19.7. The maximum absolute atomic E-state index is 13.3. The van der Waals surface area contributed by atoms with Crippen LogP contribution in [0.1, 0.15) is 37.3 Å². The third kappa shape index (κ3) is 4.55. The van der Waals surface area contributed by atoms with Crippen LogP contribution in [0.25, 0.3) is 0 Å². The van der Waals surface area contributed by atoms with E-state index in [1.807, 2.05) is 30.0 Å². The lowest BCUT2D eigenvalue weighted by molar-refractivity contribution is -0.133. The highest BCUT2D eigenvalue weighted by Gasteiger charge is 2.31. The fourth-order valence-electron chi connectivity index (χ4n) is 4.21. The summed E-state index contributed by atoms with van der Waals surface area (Å²) in [5, 5.41) is 0.